The van der Waals surface area contributed by atoms with E-state index in [9.17, 15) is 9.18 Å². The quantitative estimate of drug-likeness (QED) is 0.790. The largest absolute Gasteiger partial charge is 0.481 e. The van der Waals surface area contributed by atoms with Crippen molar-refractivity contribution in [3.8, 4) is 5.75 Å². The Labute approximate surface area is 127 Å². The predicted octanol–water partition coefficient (Wildman–Crippen LogP) is 4.00. The van der Waals surface area contributed by atoms with Gasteiger partial charge in [-0.3, -0.25) is 4.79 Å². The third kappa shape index (κ3) is 3.23. The monoisotopic (exact) mass is 295 g/mol. The van der Waals surface area contributed by atoms with E-state index in [1.807, 2.05) is 42.5 Å². The second-order valence-corrected chi connectivity index (χ2v) is 4.83. The summed E-state index contributed by atoms with van der Waals surface area (Å²) in [4.78, 5) is 11.9. The van der Waals surface area contributed by atoms with E-state index in [0.29, 0.717) is 5.69 Å². The van der Waals surface area contributed by atoms with Gasteiger partial charge in [0, 0.05) is 5.69 Å². The molecule has 0 aliphatic heterocycles. The second kappa shape index (κ2) is 6.26. The van der Waals surface area contributed by atoms with E-state index in [1.54, 1.807) is 12.1 Å². The molecule has 0 atom stereocenters. The number of carbonyl (C=O) groups is 1. The Kier molecular flexibility index (Phi) is 4.01. The lowest BCUT2D eigenvalue weighted by Gasteiger charge is -2.08. The summed E-state index contributed by atoms with van der Waals surface area (Å²) in [6.45, 7) is -0.242. The van der Waals surface area contributed by atoms with E-state index < -0.39 is 5.82 Å². The van der Waals surface area contributed by atoms with Crippen LogP contribution in [0.3, 0.4) is 0 Å². The van der Waals surface area contributed by atoms with E-state index in [4.69, 9.17) is 4.74 Å². The molecule has 0 unspecified atom stereocenters. The van der Waals surface area contributed by atoms with Gasteiger partial charge in [0.1, 0.15) is 0 Å². The number of para-hydroxylation sites is 1. The molecule has 1 amide bonds. The number of hydrogen-bond acceptors (Lipinski definition) is 2. The minimum atomic E-state index is -0.485. The van der Waals surface area contributed by atoms with Crippen molar-refractivity contribution in [1.29, 1.82) is 0 Å². The topological polar surface area (TPSA) is 38.3 Å². The van der Waals surface area contributed by atoms with E-state index in [-0.39, 0.29) is 18.3 Å². The molecule has 0 heterocycles. The average Bonchev–Trinajstić information content (AvgIpc) is 2.54. The van der Waals surface area contributed by atoms with E-state index in [1.165, 1.54) is 12.1 Å². The van der Waals surface area contributed by atoms with Crippen molar-refractivity contribution in [1.82, 2.24) is 0 Å². The number of fused-ring (bicyclic) bond motifs is 1. The number of hydrogen-bond donors (Lipinski definition) is 1. The summed E-state index contributed by atoms with van der Waals surface area (Å²) in [6, 6.07) is 19.5. The molecule has 0 radical (unpaired) electrons. The molecule has 0 saturated heterocycles. The molecule has 3 aromatic carbocycles. The zero-order valence-corrected chi connectivity index (χ0v) is 11.8. The van der Waals surface area contributed by atoms with Crippen LogP contribution < -0.4 is 10.1 Å². The summed E-state index contributed by atoms with van der Waals surface area (Å²) in [5, 5.41) is 4.87. The van der Waals surface area contributed by atoms with Crippen molar-refractivity contribution in [2.45, 2.75) is 0 Å². The maximum atomic E-state index is 13.4. The predicted molar refractivity (Wildman–Crippen MR) is 84.5 cm³/mol. The highest BCUT2D eigenvalue weighted by Gasteiger charge is 2.07. The van der Waals surface area contributed by atoms with Crippen molar-refractivity contribution < 1.29 is 13.9 Å². The summed E-state index contributed by atoms with van der Waals surface area (Å²) in [6.07, 6.45) is 0. The van der Waals surface area contributed by atoms with Crippen LogP contribution in [0, 0.1) is 5.82 Å². The summed E-state index contributed by atoms with van der Waals surface area (Å²) in [7, 11) is 0. The molecule has 0 bridgehead atoms. The van der Waals surface area contributed by atoms with Crippen LogP contribution >= 0.6 is 0 Å². The van der Waals surface area contributed by atoms with Gasteiger partial charge in [-0.1, -0.05) is 42.5 Å². The van der Waals surface area contributed by atoms with Crippen LogP contribution in [0.25, 0.3) is 10.8 Å². The van der Waals surface area contributed by atoms with E-state index >= 15 is 0 Å². The first-order chi connectivity index (χ1) is 10.7. The number of rotatable bonds is 4. The van der Waals surface area contributed by atoms with Gasteiger partial charge in [0.2, 0.25) is 0 Å². The second-order valence-electron chi connectivity index (χ2n) is 4.83. The third-order valence-corrected chi connectivity index (χ3v) is 3.23. The summed E-state index contributed by atoms with van der Waals surface area (Å²) >= 11 is 0. The molecule has 0 fully saturated rings. The van der Waals surface area contributed by atoms with Crippen molar-refractivity contribution in [3.63, 3.8) is 0 Å². The Morgan fingerprint density at radius 1 is 0.955 bits per heavy atom. The van der Waals surface area contributed by atoms with Gasteiger partial charge >= 0.3 is 0 Å². The summed E-state index contributed by atoms with van der Waals surface area (Å²) < 4.78 is 18.6. The number of nitrogens with one attached hydrogen (secondary N) is 1. The fraction of sp³-hybridized carbons (Fsp3) is 0.0556. The molecule has 0 aliphatic carbocycles. The van der Waals surface area contributed by atoms with Gasteiger partial charge in [-0.25, -0.2) is 4.39 Å². The number of carbonyl (C=O) groups excluding carboxylic acids is 1. The number of halogens is 1. The average molecular weight is 295 g/mol. The molecule has 4 heteroatoms. The lowest BCUT2D eigenvalue weighted by molar-refractivity contribution is -0.118. The fourth-order valence-corrected chi connectivity index (χ4v) is 2.17. The Hall–Kier alpha value is -2.88. The Morgan fingerprint density at radius 2 is 1.68 bits per heavy atom. The number of amides is 1. The summed E-state index contributed by atoms with van der Waals surface area (Å²) in [5.74, 6) is -0.754. The first-order valence-electron chi connectivity index (χ1n) is 6.88. The molecular formula is C18H14FNO2. The normalized spacial score (nSPS) is 10.4. The Morgan fingerprint density at radius 3 is 2.50 bits per heavy atom. The van der Waals surface area contributed by atoms with Crippen molar-refractivity contribution in [3.05, 3.63) is 72.5 Å². The first kappa shape index (κ1) is 14.1. The van der Waals surface area contributed by atoms with Gasteiger partial charge in [0.25, 0.3) is 5.91 Å². The van der Waals surface area contributed by atoms with Crippen molar-refractivity contribution >= 4 is 22.4 Å². The van der Waals surface area contributed by atoms with E-state index in [0.717, 1.165) is 10.8 Å². The van der Waals surface area contributed by atoms with E-state index in [2.05, 4.69) is 5.32 Å². The zero-order valence-electron chi connectivity index (χ0n) is 11.8. The molecule has 3 rings (SSSR count). The minimum absolute atomic E-state index is 0.0659. The molecule has 0 aromatic heterocycles. The highest BCUT2D eigenvalue weighted by molar-refractivity contribution is 5.95. The third-order valence-electron chi connectivity index (χ3n) is 3.23. The van der Waals surface area contributed by atoms with Crippen molar-refractivity contribution in [2.24, 2.45) is 0 Å². The highest BCUT2D eigenvalue weighted by atomic mass is 19.1. The molecule has 22 heavy (non-hydrogen) atoms. The van der Waals surface area contributed by atoms with Crippen LogP contribution in [-0.2, 0) is 4.79 Å². The van der Waals surface area contributed by atoms with Crippen LogP contribution in [0.4, 0.5) is 10.1 Å². The lowest BCUT2D eigenvalue weighted by atomic mass is 10.1. The molecule has 3 aromatic rings. The molecule has 0 saturated carbocycles. The van der Waals surface area contributed by atoms with Gasteiger partial charge in [-0.05, 0) is 35.0 Å². The van der Waals surface area contributed by atoms with Gasteiger partial charge in [-0.2, -0.15) is 0 Å². The van der Waals surface area contributed by atoms with Gasteiger partial charge < -0.3 is 10.1 Å². The van der Waals surface area contributed by atoms with Gasteiger partial charge in [0.05, 0.1) is 0 Å². The van der Waals surface area contributed by atoms with Crippen molar-refractivity contribution in [2.75, 3.05) is 11.9 Å². The standard InChI is InChI=1S/C18H14FNO2/c19-16-7-3-4-8-17(16)22-12-18(21)20-15-10-9-13-5-1-2-6-14(13)11-15/h1-11H,12H2,(H,20,21). The zero-order chi connectivity index (χ0) is 15.4. The molecule has 1 N–H and O–H groups in total. The maximum Gasteiger partial charge on any atom is 0.262 e. The highest BCUT2D eigenvalue weighted by Crippen LogP contribution is 2.19. The van der Waals surface area contributed by atoms with Crippen LogP contribution in [0.2, 0.25) is 0 Å². The molecular weight excluding hydrogens is 281 g/mol. The number of anilines is 1. The molecule has 3 nitrogen and oxygen atoms in total. The molecule has 0 spiro atoms. The summed E-state index contributed by atoms with van der Waals surface area (Å²) in [5.41, 5.74) is 0.681. The molecule has 0 aliphatic rings. The van der Waals surface area contributed by atoms with Crippen LogP contribution in [-0.4, -0.2) is 12.5 Å². The van der Waals surface area contributed by atoms with Crippen LogP contribution in [0.1, 0.15) is 0 Å². The van der Waals surface area contributed by atoms with Crippen LogP contribution in [0.15, 0.2) is 66.7 Å². The number of benzene rings is 3. The van der Waals surface area contributed by atoms with Gasteiger partial charge in [-0.15, -0.1) is 0 Å². The lowest BCUT2D eigenvalue weighted by Crippen LogP contribution is -2.20. The van der Waals surface area contributed by atoms with Crippen LogP contribution in [0.5, 0.6) is 5.75 Å². The first-order valence-corrected chi connectivity index (χ1v) is 6.88. The minimum Gasteiger partial charge on any atom is -0.481 e. The Bertz CT molecular complexity index is 817. The maximum absolute atomic E-state index is 13.4. The fourth-order valence-electron chi connectivity index (χ4n) is 2.17. The number of ether oxygens (including phenoxy) is 1. The smallest absolute Gasteiger partial charge is 0.262 e. The SMILES string of the molecule is O=C(COc1ccccc1F)Nc1ccc2ccccc2c1. The Balaban J connectivity index is 1.64. The van der Waals surface area contributed by atoms with Gasteiger partial charge in [0.15, 0.2) is 18.2 Å². The molecule has 110 valence electrons.